The summed E-state index contributed by atoms with van der Waals surface area (Å²) in [4.78, 5) is 0. The van der Waals surface area contributed by atoms with Gasteiger partial charge < -0.3 is 11.0 Å². The van der Waals surface area contributed by atoms with E-state index in [0.717, 1.165) is 0 Å². The van der Waals surface area contributed by atoms with Crippen LogP contribution in [0.4, 0.5) is 0 Å². The molecule has 0 aliphatic heterocycles. The van der Waals surface area contributed by atoms with Crippen molar-refractivity contribution in [2.24, 2.45) is 0 Å². The number of rotatable bonds is 0. The molecule has 0 unspecified atom stereocenters. The van der Waals surface area contributed by atoms with Gasteiger partial charge in [0.15, 0.2) is 0 Å². The Labute approximate surface area is 51.2 Å². The van der Waals surface area contributed by atoms with Crippen molar-refractivity contribution >= 4 is 23.1 Å². The molecule has 0 aromatic rings. The van der Waals surface area contributed by atoms with E-state index >= 15 is 0 Å². The molecule has 0 heterocycles. The number of hydrogen-bond donors (Lipinski definition) is 0. The average Bonchev–Trinajstić information content (AvgIpc) is 0. The van der Waals surface area contributed by atoms with Crippen LogP contribution in [0.5, 0.6) is 0 Å². The van der Waals surface area contributed by atoms with Gasteiger partial charge in [0.2, 0.25) is 0 Å². The van der Waals surface area contributed by atoms with Gasteiger partial charge in [-0.25, -0.2) is 0 Å². The van der Waals surface area contributed by atoms with Crippen LogP contribution in [0, 0.1) is 0 Å². The van der Waals surface area contributed by atoms with Crippen LogP contribution in [-0.4, -0.2) is 34.0 Å². The molecule has 0 atom stereocenters. The second-order valence-electron chi connectivity index (χ2n) is 0. The van der Waals surface area contributed by atoms with Crippen molar-refractivity contribution in [2.75, 3.05) is 0 Å². The van der Waals surface area contributed by atoms with Gasteiger partial charge in [-0.3, -0.25) is 0 Å². The first-order valence-electron chi connectivity index (χ1n) is 0. The van der Waals surface area contributed by atoms with Crippen LogP contribution in [-0.2, 0) is 17.1 Å². The summed E-state index contributed by atoms with van der Waals surface area (Å²) in [7, 11) is 0. The Morgan fingerprint density at radius 1 is 0.750 bits per heavy atom. The van der Waals surface area contributed by atoms with E-state index < -0.39 is 0 Å². The van der Waals surface area contributed by atoms with Crippen molar-refractivity contribution in [1.29, 1.82) is 0 Å². The normalized spacial score (nSPS) is 0. The summed E-state index contributed by atoms with van der Waals surface area (Å²) in [5, 5.41) is 0. The summed E-state index contributed by atoms with van der Waals surface area (Å²) < 4.78 is 0. The second-order valence-corrected chi connectivity index (χ2v) is 0. The van der Waals surface area contributed by atoms with E-state index in [2.05, 4.69) is 0 Å². The van der Waals surface area contributed by atoms with Gasteiger partial charge >= 0.3 is 23.1 Å². The third kappa shape index (κ3) is 10.7. The minimum absolute atomic E-state index is 0. The fraction of sp³-hybridized carbons (Fsp3) is 0. The van der Waals surface area contributed by atoms with Gasteiger partial charge in [-0.2, -0.15) is 0 Å². The average molecular weight is 118 g/mol. The molecule has 0 aromatic carbocycles. The Morgan fingerprint density at radius 2 is 0.750 bits per heavy atom. The van der Waals surface area contributed by atoms with Crippen molar-refractivity contribution in [3.05, 3.63) is 0 Å². The molecule has 0 radical (unpaired) electrons. The topological polar surface area (TPSA) is 63.0 Å². The zero-order valence-electron chi connectivity index (χ0n) is 1.35. The van der Waals surface area contributed by atoms with Crippen LogP contribution < -0.4 is 0 Å². The van der Waals surface area contributed by atoms with Crippen molar-refractivity contribution in [1.82, 2.24) is 0 Å². The Balaban J connectivity index is 0. The van der Waals surface area contributed by atoms with E-state index in [1.807, 2.05) is 0 Å². The van der Waals surface area contributed by atoms with E-state index in [9.17, 15) is 0 Å². The van der Waals surface area contributed by atoms with Crippen molar-refractivity contribution in [2.45, 2.75) is 0 Å². The maximum atomic E-state index is 0. The zero-order valence-corrected chi connectivity index (χ0v) is 2.46. The molecule has 0 aliphatic rings. The van der Waals surface area contributed by atoms with E-state index in [-0.39, 0.29) is 51.1 Å². The van der Waals surface area contributed by atoms with Gasteiger partial charge in [-0.15, -0.1) is 0 Å². The van der Waals surface area contributed by atoms with E-state index in [0.29, 0.717) is 0 Å². The van der Waals surface area contributed by atoms with E-state index in [1.165, 1.54) is 0 Å². The van der Waals surface area contributed by atoms with Crippen LogP contribution in [0.3, 0.4) is 0 Å². The number of hydrogen-bond acceptors (Lipinski definition) is 0. The quantitative estimate of drug-likeness (QED) is 0.314. The fourth-order valence-corrected chi connectivity index (χ4v) is 0. The van der Waals surface area contributed by atoms with Gasteiger partial charge in [0.1, 0.15) is 0 Å². The molecule has 0 aromatic heterocycles. The fourth-order valence-electron chi connectivity index (χ4n) is 0. The van der Waals surface area contributed by atoms with Gasteiger partial charge in [0.05, 0.1) is 0 Å². The first-order chi connectivity index (χ1) is 0. The molecule has 0 aliphatic carbocycles. The zero-order chi connectivity index (χ0) is 0. The third-order valence-corrected chi connectivity index (χ3v) is 0. The SMILES string of the molecule is O.O.[Fe].[MgH2]. The Morgan fingerprint density at radius 3 is 0.750 bits per heavy atom. The summed E-state index contributed by atoms with van der Waals surface area (Å²) in [5.74, 6) is 0. The summed E-state index contributed by atoms with van der Waals surface area (Å²) in [6, 6.07) is 0. The van der Waals surface area contributed by atoms with Crippen LogP contribution >= 0.6 is 0 Å². The monoisotopic (exact) mass is 118 g/mol. The predicted octanol–water partition coefficient (Wildman–Crippen LogP) is -2.57. The maximum Gasteiger partial charge on any atom is 0.316 e. The Bertz CT molecular complexity index is 6.00. The van der Waals surface area contributed by atoms with Gasteiger partial charge in [-0.05, 0) is 0 Å². The molecule has 28 valence electrons. The smallest absolute Gasteiger partial charge is 0.316 e. The van der Waals surface area contributed by atoms with Crippen LogP contribution in [0.2, 0.25) is 0 Å². The van der Waals surface area contributed by atoms with Gasteiger partial charge in [0.25, 0.3) is 0 Å². The predicted molar refractivity (Wildman–Crippen MR) is 15.8 cm³/mol. The van der Waals surface area contributed by atoms with E-state index in [1.54, 1.807) is 0 Å². The summed E-state index contributed by atoms with van der Waals surface area (Å²) >= 11 is 0. The first-order valence-corrected chi connectivity index (χ1v) is 0. The molecule has 0 saturated heterocycles. The van der Waals surface area contributed by atoms with Crippen molar-refractivity contribution in [3.63, 3.8) is 0 Å². The maximum absolute atomic E-state index is 0. The molecule has 0 fully saturated rings. The molecule has 0 bridgehead atoms. The molecule has 4 N–H and O–H groups in total. The first kappa shape index (κ1) is 63.3. The van der Waals surface area contributed by atoms with Crippen molar-refractivity contribution in [3.8, 4) is 0 Å². The van der Waals surface area contributed by atoms with Gasteiger partial charge in [0, 0.05) is 17.1 Å². The van der Waals surface area contributed by atoms with Crippen LogP contribution in [0.1, 0.15) is 0 Å². The summed E-state index contributed by atoms with van der Waals surface area (Å²) in [6.07, 6.45) is 0. The Kier molecular flexibility index (Phi) is 471. The largest absolute Gasteiger partial charge is 0.412 e. The summed E-state index contributed by atoms with van der Waals surface area (Å²) in [6.45, 7) is 0. The van der Waals surface area contributed by atoms with Crippen LogP contribution in [0.15, 0.2) is 0 Å². The minimum Gasteiger partial charge on any atom is -0.412 e. The Hall–Kier alpha value is 1.21. The minimum atomic E-state index is 0. The van der Waals surface area contributed by atoms with Gasteiger partial charge in [-0.1, -0.05) is 0 Å². The van der Waals surface area contributed by atoms with Crippen LogP contribution in [0.25, 0.3) is 0 Å². The standard InChI is InChI=1S/Fe.Mg.2H2O.2H/h;;2*1H2;;. The molecular weight excluding hydrogens is 112 g/mol. The molecule has 4 heteroatoms. The molecule has 2 nitrogen and oxygen atoms in total. The molecule has 0 spiro atoms. The molecule has 4 heavy (non-hydrogen) atoms. The van der Waals surface area contributed by atoms with Crippen molar-refractivity contribution < 1.29 is 28.0 Å². The molecule has 0 saturated carbocycles. The molecule has 0 amide bonds. The van der Waals surface area contributed by atoms with E-state index in [4.69, 9.17) is 0 Å². The molecular formula is H6FeMgO2. The third-order valence-electron chi connectivity index (χ3n) is 0. The summed E-state index contributed by atoms with van der Waals surface area (Å²) in [5.41, 5.74) is 0. The molecule has 0 rings (SSSR count). The second kappa shape index (κ2) is 29.7.